The standard InChI is InChI=1S/C16H18NO2/c1-2-8-16(9-10-18)15-13(7-11-19-16)12-5-3-4-6-14(12)17-15/h3-6,17H,2,7-9,11H2,1H3. The van der Waals surface area contributed by atoms with Crippen molar-refractivity contribution in [1.82, 2.24) is 4.98 Å². The van der Waals surface area contributed by atoms with Gasteiger partial charge in [0.25, 0.3) is 0 Å². The van der Waals surface area contributed by atoms with E-state index in [4.69, 9.17) is 4.74 Å². The van der Waals surface area contributed by atoms with Crippen LogP contribution in [0.15, 0.2) is 24.3 Å². The Labute approximate surface area is 113 Å². The summed E-state index contributed by atoms with van der Waals surface area (Å²) in [6.07, 6.45) is 5.10. The molecule has 2 aromatic rings. The molecule has 1 unspecified atom stereocenters. The van der Waals surface area contributed by atoms with Crippen molar-refractivity contribution in [3.63, 3.8) is 0 Å². The van der Waals surface area contributed by atoms with Crippen molar-refractivity contribution in [1.29, 1.82) is 0 Å². The number of nitrogens with one attached hydrogen (secondary N) is 1. The van der Waals surface area contributed by atoms with Gasteiger partial charge in [-0.15, -0.1) is 0 Å². The van der Waals surface area contributed by atoms with Crippen LogP contribution in [0.3, 0.4) is 0 Å². The lowest BCUT2D eigenvalue weighted by Crippen LogP contribution is -2.36. The third-order valence-electron chi connectivity index (χ3n) is 4.01. The van der Waals surface area contributed by atoms with Crippen molar-refractivity contribution in [3.05, 3.63) is 35.5 Å². The molecule has 0 fully saturated rings. The number of aromatic nitrogens is 1. The zero-order valence-corrected chi connectivity index (χ0v) is 11.2. The Bertz CT molecular complexity index is 602. The number of H-pyrrole nitrogens is 1. The summed E-state index contributed by atoms with van der Waals surface area (Å²) in [5.41, 5.74) is 3.03. The first kappa shape index (κ1) is 12.4. The molecule has 99 valence electrons. The zero-order chi connectivity index (χ0) is 13.3. The quantitative estimate of drug-likeness (QED) is 0.912. The number of ether oxygens (including phenoxy) is 1. The molecule has 1 aliphatic rings. The number of fused-ring (bicyclic) bond motifs is 3. The molecular formula is C16H18NO2. The summed E-state index contributed by atoms with van der Waals surface area (Å²) >= 11 is 0. The second-order valence-electron chi connectivity index (χ2n) is 5.19. The molecule has 3 rings (SSSR count). The molecule has 1 atom stereocenters. The summed E-state index contributed by atoms with van der Waals surface area (Å²) in [5.74, 6) is 0. The lowest BCUT2D eigenvalue weighted by molar-refractivity contribution is -0.0644. The van der Waals surface area contributed by atoms with E-state index in [1.165, 1.54) is 10.9 Å². The third-order valence-corrected chi connectivity index (χ3v) is 4.01. The van der Waals surface area contributed by atoms with Crippen molar-refractivity contribution < 1.29 is 9.53 Å². The van der Waals surface area contributed by atoms with Gasteiger partial charge in [0.1, 0.15) is 5.60 Å². The van der Waals surface area contributed by atoms with Gasteiger partial charge in [-0.1, -0.05) is 31.5 Å². The number of aromatic amines is 1. The highest BCUT2D eigenvalue weighted by atomic mass is 16.5. The molecule has 1 radical (unpaired) electrons. The predicted molar refractivity (Wildman–Crippen MR) is 74.9 cm³/mol. The average Bonchev–Trinajstić information content (AvgIpc) is 2.80. The molecule has 3 nitrogen and oxygen atoms in total. The van der Waals surface area contributed by atoms with Gasteiger partial charge in [-0.25, -0.2) is 0 Å². The molecule has 0 amide bonds. The largest absolute Gasteiger partial charge is 0.368 e. The molecule has 1 aromatic heterocycles. The van der Waals surface area contributed by atoms with Crippen LogP contribution in [0, 0.1) is 0 Å². The first-order valence-electron chi connectivity index (χ1n) is 6.90. The van der Waals surface area contributed by atoms with Gasteiger partial charge in [0.15, 0.2) is 0 Å². The monoisotopic (exact) mass is 256 g/mol. The summed E-state index contributed by atoms with van der Waals surface area (Å²) in [4.78, 5) is 14.4. The third kappa shape index (κ3) is 1.89. The smallest absolute Gasteiger partial charge is 0.201 e. The van der Waals surface area contributed by atoms with E-state index in [9.17, 15) is 4.79 Å². The highest BCUT2D eigenvalue weighted by molar-refractivity contribution is 5.85. The van der Waals surface area contributed by atoms with Gasteiger partial charge < -0.3 is 9.72 Å². The lowest BCUT2D eigenvalue weighted by Gasteiger charge is -2.36. The molecule has 19 heavy (non-hydrogen) atoms. The maximum atomic E-state index is 11.0. The van der Waals surface area contributed by atoms with Crippen LogP contribution in [0.4, 0.5) is 0 Å². The molecule has 2 heterocycles. The van der Waals surface area contributed by atoms with Gasteiger partial charge >= 0.3 is 0 Å². The Morgan fingerprint density at radius 3 is 3.05 bits per heavy atom. The Kier molecular flexibility index (Phi) is 3.15. The molecule has 1 aliphatic heterocycles. The molecule has 0 aliphatic carbocycles. The fraction of sp³-hybridized carbons (Fsp3) is 0.438. The minimum absolute atomic E-state index is 0.306. The van der Waals surface area contributed by atoms with Crippen LogP contribution in [-0.2, 0) is 21.6 Å². The van der Waals surface area contributed by atoms with Crippen LogP contribution >= 0.6 is 0 Å². The van der Waals surface area contributed by atoms with Crippen molar-refractivity contribution in [3.8, 4) is 0 Å². The summed E-state index contributed by atoms with van der Waals surface area (Å²) in [7, 11) is 0. The van der Waals surface area contributed by atoms with E-state index in [0.717, 1.165) is 30.5 Å². The molecule has 0 saturated carbocycles. The Morgan fingerprint density at radius 1 is 1.42 bits per heavy atom. The predicted octanol–water partition coefficient (Wildman–Crippen LogP) is 3.24. The highest BCUT2D eigenvalue weighted by Crippen LogP contribution is 2.41. The van der Waals surface area contributed by atoms with Crippen LogP contribution in [-0.4, -0.2) is 17.9 Å². The van der Waals surface area contributed by atoms with Crippen LogP contribution in [0.5, 0.6) is 0 Å². The second kappa shape index (κ2) is 4.82. The SMILES string of the molecule is CCCC1(C[C]=O)OCCc2c1[nH]c1ccccc21. The zero-order valence-electron chi connectivity index (χ0n) is 11.2. The summed E-state index contributed by atoms with van der Waals surface area (Å²) in [6, 6.07) is 8.30. The molecular weight excluding hydrogens is 238 g/mol. The first-order valence-corrected chi connectivity index (χ1v) is 6.90. The van der Waals surface area contributed by atoms with E-state index >= 15 is 0 Å². The maximum Gasteiger partial charge on any atom is 0.201 e. The molecule has 1 N–H and O–H groups in total. The van der Waals surface area contributed by atoms with Crippen molar-refractivity contribution in [2.45, 2.75) is 38.2 Å². The van der Waals surface area contributed by atoms with E-state index < -0.39 is 5.60 Å². The van der Waals surface area contributed by atoms with Crippen molar-refractivity contribution in [2.24, 2.45) is 0 Å². The fourth-order valence-corrected chi connectivity index (χ4v) is 3.21. The molecule has 0 spiro atoms. The van der Waals surface area contributed by atoms with E-state index in [1.54, 1.807) is 0 Å². The number of para-hydroxylation sites is 1. The van der Waals surface area contributed by atoms with E-state index in [0.29, 0.717) is 13.0 Å². The molecule has 0 bridgehead atoms. The Hall–Kier alpha value is -1.61. The number of hydrogen-bond donors (Lipinski definition) is 1. The van der Waals surface area contributed by atoms with Gasteiger partial charge in [-0.05, 0) is 24.5 Å². The maximum absolute atomic E-state index is 11.0. The topological polar surface area (TPSA) is 42.1 Å². The fourth-order valence-electron chi connectivity index (χ4n) is 3.21. The minimum Gasteiger partial charge on any atom is -0.368 e. The van der Waals surface area contributed by atoms with Crippen LogP contribution < -0.4 is 0 Å². The number of hydrogen-bond acceptors (Lipinski definition) is 2. The van der Waals surface area contributed by atoms with Crippen LogP contribution in [0.25, 0.3) is 10.9 Å². The Balaban J connectivity index is 2.19. The molecule has 3 heteroatoms. The van der Waals surface area contributed by atoms with Gasteiger partial charge in [0.2, 0.25) is 6.29 Å². The normalized spacial score (nSPS) is 22.4. The molecule has 0 saturated heterocycles. The van der Waals surface area contributed by atoms with Crippen molar-refractivity contribution in [2.75, 3.05) is 6.61 Å². The van der Waals surface area contributed by atoms with Gasteiger partial charge in [0, 0.05) is 17.3 Å². The average molecular weight is 256 g/mol. The number of benzene rings is 1. The lowest BCUT2D eigenvalue weighted by atomic mass is 9.85. The minimum atomic E-state index is -0.497. The van der Waals surface area contributed by atoms with Crippen LogP contribution in [0.2, 0.25) is 0 Å². The van der Waals surface area contributed by atoms with E-state index in [1.807, 2.05) is 6.07 Å². The van der Waals surface area contributed by atoms with Gasteiger partial charge in [-0.2, -0.15) is 0 Å². The second-order valence-corrected chi connectivity index (χ2v) is 5.19. The first-order chi connectivity index (χ1) is 9.30. The number of rotatable bonds is 4. The Morgan fingerprint density at radius 2 is 2.26 bits per heavy atom. The summed E-state index contributed by atoms with van der Waals surface area (Å²) in [6.45, 7) is 2.80. The van der Waals surface area contributed by atoms with E-state index in [2.05, 4.69) is 36.4 Å². The van der Waals surface area contributed by atoms with E-state index in [-0.39, 0.29) is 0 Å². The number of carbonyl (C=O) groups excluding carboxylic acids is 1. The summed E-state index contributed by atoms with van der Waals surface area (Å²) in [5, 5.41) is 1.26. The van der Waals surface area contributed by atoms with Crippen LogP contribution in [0.1, 0.15) is 37.4 Å². The molecule has 1 aromatic carbocycles. The van der Waals surface area contributed by atoms with Crippen molar-refractivity contribution >= 4 is 17.2 Å². The highest BCUT2D eigenvalue weighted by Gasteiger charge is 2.39. The van der Waals surface area contributed by atoms with Gasteiger partial charge in [0.05, 0.1) is 12.3 Å². The summed E-state index contributed by atoms with van der Waals surface area (Å²) < 4.78 is 6.01. The van der Waals surface area contributed by atoms with Gasteiger partial charge in [-0.3, -0.25) is 4.79 Å².